The minimum atomic E-state index is -0.886. The molecular weight excluding hydrogens is 278 g/mol. The summed E-state index contributed by atoms with van der Waals surface area (Å²) in [5, 5.41) is 2.54. The number of para-hydroxylation sites is 1. The van der Waals surface area contributed by atoms with Gasteiger partial charge < -0.3 is 15.8 Å². The molecule has 0 aromatic heterocycles. The molecule has 0 fully saturated rings. The summed E-state index contributed by atoms with van der Waals surface area (Å²) in [6.45, 7) is -0.479. The number of nitrogens with two attached hydrogens (primary N) is 1. The molecule has 0 heterocycles. The number of hydrogen-bond donors (Lipinski definition) is 2. The van der Waals surface area contributed by atoms with Gasteiger partial charge in [0.15, 0.2) is 24.0 Å². The molecule has 0 radical (unpaired) electrons. The van der Waals surface area contributed by atoms with Gasteiger partial charge >= 0.3 is 0 Å². The number of nitrogens with one attached hydrogen (secondary N) is 1. The molecule has 3 N–H and O–H groups in total. The number of halogens is 2. The van der Waals surface area contributed by atoms with Crippen LogP contribution in [0.4, 0.5) is 14.5 Å². The maximum absolute atomic E-state index is 13.6. The van der Waals surface area contributed by atoms with E-state index in [0.717, 1.165) is 12.1 Å². The molecule has 0 spiro atoms. The van der Waals surface area contributed by atoms with Gasteiger partial charge in [0.05, 0.1) is 0 Å². The van der Waals surface area contributed by atoms with E-state index in [1.54, 1.807) is 30.3 Å². The lowest BCUT2D eigenvalue weighted by molar-refractivity contribution is -0.118. The van der Waals surface area contributed by atoms with E-state index >= 15 is 0 Å². The Labute approximate surface area is 120 Å². The van der Waals surface area contributed by atoms with Crippen LogP contribution >= 0.6 is 0 Å². The molecule has 2 aromatic carbocycles. The lowest BCUT2D eigenvalue weighted by atomic mass is 10.2. The number of ether oxygens (including phenoxy) is 1. The Kier molecular flexibility index (Phi) is 4.84. The van der Waals surface area contributed by atoms with Gasteiger partial charge in [-0.2, -0.15) is 0 Å². The molecule has 0 aliphatic carbocycles. The number of hydrogen-bond acceptors (Lipinski definition) is 3. The highest BCUT2D eigenvalue weighted by atomic mass is 19.1. The standard InChI is InChI=1S/C15H14F2N2O2/c16-12-6-10(8-18)7-13(17)15(12)21-9-14(20)19-11-4-2-1-3-5-11/h1-7H,8-9,18H2,(H,19,20). The Morgan fingerprint density at radius 2 is 1.76 bits per heavy atom. The SMILES string of the molecule is NCc1cc(F)c(OCC(=O)Nc2ccccc2)c(F)c1. The predicted molar refractivity (Wildman–Crippen MR) is 74.8 cm³/mol. The first-order valence-corrected chi connectivity index (χ1v) is 6.26. The van der Waals surface area contributed by atoms with Crippen molar-refractivity contribution in [1.29, 1.82) is 0 Å². The summed E-state index contributed by atoms with van der Waals surface area (Å²) in [5.41, 5.74) is 6.19. The highest BCUT2D eigenvalue weighted by molar-refractivity contribution is 5.91. The number of amides is 1. The third-order valence-corrected chi connectivity index (χ3v) is 2.70. The third kappa shape index (κ3) is 4.00. The van der Waals surface area contributed by atoms with Gasteiger partial charge in [0.2, 0.25) is 0 Å². The van der Waals surface area contributed by atoms with Crippen molar-refractivity contribution in [1.82, 2.24) is 0 Å². The van der Waals surface area contributed by atoms with Crippen LogP contribution < -0.4 is 15.8 Å². The van der Waals surface area contributed by atoms with Gasteiger partial charge in [0.1, 0.15) is 0 Å². The fraction of sp³-hybridized carbons (Fsp3) is 0.133. The van der Waals surface area contributed by atoms with Crippen molar-refractivity contribution in [2.24, 2.45) is 5.73 Å². The molecule has 0 atom stereocenters. The topological polar surface area (TPSA) is 64.3 Å². The van der Waals surface area contributed by atoms with Crippen LogP contribution in [-0.2, 0) is 11.3 Å². The number of carbonyl (C=O) groups excluding carboxylic acids is 1. The van der Waals surface area contributed by atoms with E-state index in [-0.39, 0.29) is 6.54 Å². The van der Waals surface area contributed by atoms with E-state index in [0.29, 0.717) is 11.3 Å². The molecule has 2 rings (SSSR count). The molecule has 0 aliphatic rings. The van der Waals surface area contributed by atoms with Gasteiger partial charge in [-0.1, -0.05) is 18.2 Å². The van der Waals surface area contributed by atoms with Crippen molar-refractivity contribution in [3.8, 4) is 5.75 Å². The summed E-state index contributed by atoms with van der Waals surface area (Å²) in [4.78, 5) is 11.6. The quantitative estimate of drug-likeness (QED) is 0.889. The monoisotopic (exact) mass is 292 g/mol. The first kappa shape index (κ1) is 14.9. The summed E-state index contributed by atoms with van der Waals surface area (Å²) >= 11 is 0. The molecule has 110 valence electrons. The second-order valence-electron chi connectivity index (χ2n) is 4.30. The van der Waals surface area contributed by atoms with Crippen molar-refractivity contribution in [2.45, 2.75) is 6.54 Å². The molecule has 0 unspecified atom stereocenters. The number of benzene rings is 2. The predicted octanol–water partition coefficient (Wildman–Crippen LogP) is 2.44. The van der Waals surface area contributed by atoms with Crippen molar-refractivity contribution in [3.05, 3.63) is 59.7 Å². The Morgan fingerprint density at radius 3 is 2.33 bits per heavy atom. The molecule has 0 aliphatic heterocycles. The molecule has 6 heteroatoms. The van der Waals surface area contributed by atoms with Crippen LogP contribution in [0.25, 0.3) is 0 Å². The number of rotatable bonds is 5. The molecule has 2 aromatic rings. The first-order chi connectivity index (χ1) is 10.1. The van der Waals surface area contributed by atoms with Crippen molar-refractivity contribution in [2.75, 3.05) is 11.9 Å². The zero-order valence-electron chi connectivity index (χ0n) is 11.1. The lowest BCUT2D eigenvalue weighted by Crippen LogP contribution is -2.20. The Bertz CT molecular complexity index is 610. The van der Waals surface area contributed by atoms with Crippen molar-refractivity contribution >= 4 is 11.6 Å². The van der Waals surface area contributed by atoms with Gasteiger partial charge in [-0.25, -0.2) is 8.78 Å². The van der Waals surface area contributed by atoms with E-state index in [9.17, 15) is 13.6 Å². The van der Waals surface area contributed by atoms with E-state index < -0.39 is 29.9 Å². The van der Waals surface area contributed by atoms with Crippen molar-refractivity contribution < 1.29 is 18.3 Å². The minimum absolute atomic E-state index is 0.0165. The first-order valence-electron chi connectivity index (χ1n) is 6.26. The third-order valence-electron chi connectivity index (χ3n) is 2.70. The van der Waals surface area contributed by atoms with E-state index in [2.05, 4.69) is 5.32 Å². The maximum atomic E-state index is 13.6. The summed E-state index contributed by atoms with van der Waals surface area (Å²) in [7, 11) is 0. The molecule has 1 amide bonds. The van der Waals surface area contributed by atoms with Gasteiger partial charge in [0.25, 0.3) is 5.91 Å². The fourth-order valence-electron chi connectivity index (χ4n) is 1.72. The maximum Gasteiger partial charge on any atom is 0.262 e. The zero-order chi connectivity index (χ0) is 15.2. The second kappa shape index (κ2) is 6.81. The zero-order valence-corrected chi connectivity index (χ0v) is 11.1. The fourth-order valence-corrected chi connectivity index (χ4v) is 1.72. The van der Waals surface area contributed by atoms with Crippen LogP contribution in [0, 0.1) is 11.6 Å². The number of anilines is 1. The molecule has 0 saturated heterocycles. The smallest absolute Gasteiger partial charge is 0.262 e. The van der Waals surface area contributed by atoms with E-state index in [1.165, 1.54) is 0 Å². The van der Waals surface area contributed by atoms with Crippen LogP contribution in [0.1, 0.15) is 5.56 Å². The highest BCUT2D eigenvalue weighted by Crippen LogP contribution is 2.23. The van der Waals surface area contributed by atoms with Gasteiger partial charge in [-0.3, -0.25) is 4.79 Å². The Hall–Kier alpha value is -2.47. The Balaban J connectivity index is 1.98. The second-order valence-corrected chi connectivity index (χ2v) is 4.30. The summed E-state index contributed by atoms with van der Waals surface area (Å²) in [5.74, 6) is -2.87. The molecule has 0 bridgehead atoms. The molecule has 21 heavy (non-hydrogen) atoms. The molecule has 0 saturated carbocycles. The minimum Gasteiger partial charge on any atom is -0.478 e. The number of carbonyl (C=O) groups is 1. The molecule has 4 nitrogen and oxygen atoms in total. The summed E-state index contributed by atoms with van der Waals surface area (Å²) < 4.78 is 32.1. The molecular formula is C15H14F2N2O2. The van der Waals surface area contributed by atoms with Crippen LogP contribution in [0.5, 0.6) is 5.75 Å². The summed E-state index contributed by atoms with van der Waals surface area (Å²) in [6, 6.07) is 10.8. The largest absolute Gasteiger partial charge is 0.478 e. The van der Waals surface area contributed by atoms with E-state index in [1.807, 2.05) is 0 Å². The van der Waals surface area contributed by atoms with Crippen LogP contribution in [0.2, 0.25) is 0 Å². The van der Waals surface area contributed by atoms with Crippen LogP contribution in [0.3, 0.4) is 0 Å². The lowest BCUT2D eigenvalue weighted by Gasteiger charge is -2.10. The summed E-state index contributed by atoms with van der Waals surface area (Å²) in [6.07, 6.45) is 0. The highest BCUT2D eigenvalue weighted by Gasteiger charge is 2.14. The Morgan fingerprint density at radius 1 is 1.14 bits per heavy atom. The van der Waals surface area contributed by atoms with Crippen LogP contribution in [0.15, 0.2) is 42.5 Å². The average molecular weight is 292 g/mol. The van der Waals surface area contributed by atoms with Gasteiger partial charge in [-0.05, 0) is 29.8 Å². The van der Waals surface area contributed by atoms with E-state index in [4.69, 9.17) is 10.5 Å². The van der Waals surface area contributed by atoms with Crippen molar-refractivity contribution in [3.63, 3.8) is 0 Å². The van der Waals surface area contributed by atoms with Crippen LogP contribution in [-0.4, -0.2) is 12.5 Å². The normalized spacial score (nSPS) is 10.2. The van der Waals surface area contributed by atoms with Gasteiger partial charge in [-0.15, -0.1) is 0 Å². The van der Waals surface area contributed by atoms with Gasteiger partial charge in [0, 0.05) is 12.2 Å². The average Bonchev–Trinajstić information content (AvgIpc) is 2.47.